The lowest BCUT2D eigenvalue weighted by Crippen LogP contribution is -2.49. The Morgan fingerprint density at radius 2 is 1.72 bits per heavy atom. The van der Waals surface area contributed by atoms with Crippen molar-refractivity contribution in [1.29, 1.82) is 0 Å². The molecule has 0 spiro atoms. The lowest BCUT2D eigenvalue weighted by molar-refractivity contribution is -0.694. The first-order valence-electron chi connectivity index (χ1n) is 17.6. The number of ether oxygens (including phenoxy) is 1. The van der Waals surface area contributed by atoms with Crippen molar-refractivity contribution in [3.8, 4) is 11.5 Å². The highest BCUT2D eigenvalue weighted by Crippen LogP contribution is 2.47. The largest absolute Gasteiger partial charge is 0.748 e. The number of hydrogen-bond donors (Lipinski definition) is 1. The van der Waals surface area contributed by atoms with Crippen LogP contribution in [0.5, 0.6) is 11.5 Å². The number of benzene rings is 2. The molecule has 266 valence electrons. The van der Waals surface area contributed by atoms with Crippen molar-refractivity contribution in [3.05, 3.63) is 80.3 Å². The predicted octanol–water partition coefficient (Wildman–Crippen LogP) is 5.68. The molecule has 0 radical (unpaired) electrons. The smallest absolute Gasteiger partial charge is 0.303 e. The number of carbonyl (C=O) groups is 1. The summed E-state index contributed by atoms with van der Waals surface area (Å²) in [6, 6.07) is 8.48. The van der Waals surface area contributed by atoms with Gasteiger partial charge >= 0.3 is 5.97 Å². The molecule has 50 heavy (non-hydrogen) atoms. The zero-order chi connectivity index (χ0) is 36.2. The van der Waals surface area contributed by atoms with Crippen LogP contribution in [0.3, 0.4) is 0 Å². The Bertz CT molecular complexity index is 2180. The van der Waals surface area contributed by atoms with E-state index in [1.54, 1.807) is 11.3 Å². The number of fused-ring (bicyclic) bond motifs is 4. The fraction of sp³-hybridized carbons (Fsp3) is 0.462. The maximum atomic E-state index is 12.2. The van der Waals surface area contributed by atoms with E-state index in [0.717, 1.165) is 76.1 Å². The topological polar surface area (TPSA) is 114 Å². The normalized spacial score (nSPS) is 17.2. The summed E-state index contributed by atoms with van der Waals surface area (Å²) in [6.07, 6.45) is 9.65. The van der Waals surface area contributed by atoms with E-state index in [-0.39, 0.29) is 12.0 Å². The molecule has 1 aromatic heterocycles. The lowest BCUT2D eigenvalue weighted by atomic mass is 9.85. The molecule has 0 fully saturated rings. The summed E-state index contributed by atoms with van der Waals surface area (Å²) < 4.78 is 48.2. The van der Waals surface area contributed by atoms with Crippen molar-refractivity contribution in [2.45, 2.75) is 98.2 Å². The van der Waals surface area contributed by atoms with Gasteiger partial charge in [0, 0.05) is 66.9 Å². The van der Waals surface area contributed by atoms with Crippen LogP contribution in [0.1, 0.15) is 102 Å². The van der Waals surface area contributed by atoms with Crippen LogP contribution >= 0.6 is 11.3 Å². The van der Waals surface area contributed by atoms with Gasteiger partial charge in [-0.25, -0.2) is 13.0 Å². The Kier molecular flexibility index (Phi) is 9.64. The van der Waals surface area contributed by atoms with Gasteiger partial charge in [-0.3, -0.25) is 4.79 Å². The molecule has 2 aromatic carbocycles. The van der Waals surface area contributed by atoms with Crippen LogP contribution in [0.2, 0.25) is 0 Å². The van der Waals surface area contributed by atoms with Gasteiger partial charge in [-0.2, -0.15) is 4.57 Å². The summed E-state index contributed by atoms with van der Waals surface area (Å²) >= 11 is 1.63. The number of thiazole rings is 1. The number of carboxylic acids is 1. The molecule has 0 saturated carbocycles. The number of aromatic nitrogens is 1. The van der Waals surface area contributed by atoms with Gasteiger partial charge < -0.3 is 19.3 Å². The second kappa shape index (κ2) is 13.4. The number of aryl methyl sites for hydroxylation is 1. The molecule has 0 atom stereocenters. The third kappa shape index (κ3) is 6.67. The number of anilines is 1. The highest BCUT2D eigenvalue weighted by atomic mass is 32.2. The number of allylic oxidation sites excluding steroid dienone is 1. The first-order chi connectivity index (χ1) is 23.6. The molecular formula is C39H48N3O6S2+. The minimum Gasteiger partial charge on any atom is -0.748 e. The molecule has 0 aliphatic carbocycles. The molecule has 6 rings (SSSR count). The summed E-state index contributed by atoms with van der Waals surface area (Å²) in [7, 11) is -4.56. The van der Waals surface area contributed by atoms with Crippen molar-refractivity contribution in [2.75, 3.05) is 23.7 Å². The van der Waals surface area contributed by atoms with E-state index in [4.69, 9.17) is 9.84 Å². The maximum absolute atomic E-state index is 12.2. The van der Waals surface area contributed by atoms with Crippen LogP contribution in [0.4, 0.5) is 5.69 Å². The zero-order valence-corrected chi connectivity index (χ0v) is 31.8. The summed E-state index contributed by atoms with van der Waals surface area (Å²) in [5, 5.41) is 14.3. The first kappa shape index (κ1) is 36.0. The number of aliphatic carboxylic acids is 1. The lowest BCUT2D eigenvalue weighted by Gasteiger charge is -2.43. The van der Waals surface area contributed by atoms with E-state index in [1.807, 2.05) is 32.1 Å². The number of nitrogens with zero attached hydrogens (tertiary/aromatic N) is 3. The van der Waals surface area contributed by atoms with Crippen LogP contribution < -0.4 is 29.4 Å². The molecule has 3 aromatic rings. The molecule has 1 N–H and O–H groups in total. The zero-order valence-electron chi connectivity index (χ0n) is 30.1. The van der Waals surface area contributed by atoms with Crippen LogP contribution in [0.25, 0.3) is 16.7 Å². The molecule has 0 amide bonds. The van der Waals surface area contributed by atoms with E-state index >= 15 is 0 Å². The number of carboxylic acid groups (broad SMARTS) is 1. The molecule has 0 saturated heterocycles. The number of likely N-dealkylation sites (N-methyl/N-ethyl adjacent to an activating group) is 2. The highest BCUT2D eigenvalue weighted by molar-refractivity contribution is 7.86. The first-order valence-corrected chi connectivity index (χ1v) is 20.1. The maximum Gasteiger partial charge on any atom is 0.303 e. The van der Waals surface area contributed by atoms with Gasteiger partial charge in [0.05, 0.1) is 38.4 Å². The van der Waals surface area contributed by atoms with Gasteiger partial charge in [0.25, 0.3) is 5.01 Å². The standard InChI is InChI=1S/C39H47N3O6S2/c1-8-25-22-38(4,5)41(9-2)31-20-33-29(18-27(25)31)36(37-40(16-17-49-37)15-13-11-12-14-35(43)44)30-19-28-26(24-50(45,46)47)23-39(6,7)42(10-3)32(28)21-34(30)48-33/h16-23H,8-15,24H2,1-7H3/p+1. The summed E-state index contributed by atoms with van der Waals surface area (Å²) in [6.45, 7) is 17.2. The molecule has 0 unspecified atom stereocenters. The van der Waals surface area contributed by atoms with Crippen LogP contribution in [0.15, 0.2) is 48.0 Å². The Balaban J connectivity index is 1.64. The van der Waals surface area contributed by atoms with Crippen molar-refractivity contribution in [2.24, 2.45) is 0 Å². The Morgan fingerprint density at radius 3 is 2.38 bits per heavy atom. The quantitative estimate of drug-likeness (QED) is 0.114. The van der Waals surface area contributed by atoms with E-state index in [1.165, 1.54) is 11.1 Å². The van der Waals surface area contributed by atoms with Gasteiger partial charge in [0.2, 0.25) is 5.36 Å². The number of unbranched alkanes of at least 4 members (excludes halogenated alkanes) is 2. The fourth-order valence-corrected chi connectivity index (χ4v) is 9.70. The van der Waals surface area contributed by atoms with E-state index in [9.17, 15) is 17.8 Å². The predicted molar refractivity (Wildman–Crippen MR) is 198 cm³/mol. The van der Waals surface area contributed by atoms with Gasteiger partial charge in [0.15, 0.2) is 11.7 Å². The minimum absolute atomic E-state index is 0.159. The molecule has 9 nitrogen and oxygen atoms in total. The minimum atomic E-state index is -4.56. The Morgan fingerprint density at radius 1 is 0.960 bits per heavy atom. The van der Waals surface area contributed by atoms with Gasteiger partial charge in [0.1, 0.15) is 24.6 Å². The van der Waals surface area contributed by atoms with Crippen LogP contribution in [-0.4, -0.2) is 54.0 Å². The van der Waals surface area contributed by atoms with E-state index in [2.05, 4.69) is 78.4 Å². The van der Waals surface area contributed by atoms with Crippen LogP contribution in [0, 0.1) is 0 Å². The van der Waals surface area contributed by atoms with Gasteiger partial charge in [-0.05, 0) is 76.3 Å². The molecule has 4 heterocycles. The third-order valence-corrected chi connectivity index (χ3v) is 11.8. The van der Waals surface area contributed by atoms with Crippen molar-refractivity contribution in [3.63, 3.8) is 0 Å². The molecule has 0 bridgehead atoms. The monoisotopic (exact) mass is 718 g/mol. The molecular weight excluding hydrogens is 671 g/mol. The van der Waals surface area contributed by atoms with E-state index in [0.29, 0.717) is 24.3 Å². The number of rotatable bonds is 12. The average molecular weight is 719 g/mol. The van der Waals surface area contributed by atoms with E-state index < -0.39 is 27.4 Å². The number of hydrogen-bond acceptors (Lipinski definition) is 7. The summed E-state index contributed by atoms with van der Waals surface area (Å²) in [5.41, 5.74) is 5.64. The summed E-state index contributed by atoms with van der Waals surface area (Å²) in [5.74, 6) is 0.0656. The Hall–Kier alpha value is -3.80. The molecule has 3 aliphatic heterocycles. The fourth-order valence-electron chi connectivity index (χ4n) is 8.11. The van der Waals surface area contributed by atoms with Crippen molar-refractivity contribution in [1.82, 2.24) is 4.58 Å². The highest BCUT2D eigenvalue weighted by Gasteiger charge is 2.38. The van der Waals surface area contributed by atoms with Crippen LogP contribution in [-0.2, 0) is 21.5 Å². The average Bonchev–Trinajstić information content (AvgIpc) is 3.48. The molecule has 11 heteroatoms. The molecule has 3 aliphatic rings. The second-order valence-corrected chi connectivity index (χ2v) is 16.8. The SMILES string of the molecule is CCC1=CC(C)(C)[N+](CC)=c2cc3c(cc21)=C(c1scc[n+]1CCCCCC(=O)O)c1cc2c(cc1O3)N(CC)C(C)(C)C=C2CS(=O)(=O)[O-]. The Labute approximate surface area is 299 Å². The van der Waals surface area contributed by atoms with Crippen molar-refractivity contribution >= 4 is 49.8 Å². The summed E-state index contributed by atoms with van der Waals surface area (Å²) in [4.78, 5) is 13.3. The van der Waals surface area contributed by atoms with Gasteiger partial charge in [-0.1, -0.05) is 24.3 Å². The van der Waals surface area contributed by atoms with Crippen molar-refractivity contribution < 1.29 is 32.2 Å². The third-order valence-electron chi connectivity index (χ3n) is 10.2. The van der Waals surface area contributed by atoms with Gasteiger partial charge in [-0.15, -0.1) is 0 Å². The second-order valence-electron chi connectivity index (χ2n) is 14.5.